The molecule has 0 saturated carbocycles. The van der Waals surface area contributed by atoms with E-state index < -0.39 is 46.9 Å². The number of amides is 2. The smallest absolute Gasteiger partial charge is 0.340 e. The van der Waals surface area contributed by atoms with Crippen LogP contribution in [0.4, 0.5) is 31.5 Å². The molecular weight excluding hydrogens is 546 g/mol. The van der Waals surface area contributed by atoms with Gasteiger partial charge in [-0.2, -0.15) is 26.3 Å². The third-order valence-electron chi connectivity index (χ3n) is 5.43. The van der Waals surface area contributed by atoms with Gasteiger partial charge in [0, 0.05) is 17.5 Å². The highest BCUT2D eigenvalue weighted by Crippen LogP contribution is 2.36. The quantitative estimate of drug-likeness (QED) is 0.261. The summed E-state index contributed by atoms with van der Waals surface area (Å²) in [4.78, 5) is 26.0. The predicted molar refractivity (Wildman–Crippen MR) is 132 cm³/mol. The summed E-state index contributed by atoms with van der Waals surface area (Å²) in [6, 6.07) is 16.5. The summed E-state index contributed by atoms with van der Waals surface area (Å²) in [6.07, 6.45) is -10.4. The molecule has 1 heterocycles. The number of carbonyl (C=O) groups is 2. The fraction of sp³-hybridized carbons (Fsp3) is 0.154. The number of hydrogen-bond donors (Lipinski definition) is 2. The molecule has 202 valence electrons. The largest absolute Gasteiger partial charge is 0.416 e. The van der Waals surface area contributed by atoms with Crippen molar-refractivity contribution in [3.8, 4) is 10.6 Å². The molecule has 1 atom stereocenters. The van der Waals surface area contributed by atoms with Gasteiger partial charge in [-0.1, -0.05) is 72.0 Å². The molecular formula is C26H18F6N4O2S. The van der Waals surface area contributed by atoms with E-state index in [9.17, 15) is 35.9 Å². The Kier molecular flexibility index (Phi) is 8.00. The molecule has 39 heavy (non-hydrogen) atoms. The topological polar surface area (TPSA) is 84.0 Å². The van der Waals surface area contributed by atoms with Crippen LogP contribution in [0.1, 0.15) is 27.0 Å². The Bertz CT molecular complexity index is 1420. The third kappa shape index (κ3) is 7.19. The second-order valence-corrected chi connectivity index (χ2v) is 9.26. The van der Waals surface area contributed by atoms with E-state index in [1.165, 1.54) is 0 Å². The lowest BCUT2D eigenvalue weighted by atomic mass is 10.0. The third-order valence-corrected chi connectivity index (χ3v) is 6.32. The number of nitrogens with one attached hydrogen (secondary N) is 2. The summed E-state index contributed by atoms with van der Waals surface area (Å²) in [5.41, 5.74) is -2.86. The van der Waals surface area contributed by atoms with Crippen LogP contribution in [-0.4, -0.2) is 28.1 Å². The van der Waals surface area contributed by atoms with Crippen molar-refractivity contribution < 1.29 is 35.9 Å². The van der Waals surface area contributed by atoms with Crippen LogP contribution in [0.25, 0.3) is 10.6 Å². The summed E-state index contributed by atoms with van der Waals surface area (Å²) < 4.78 is 79.6. The van der Waals surface area contributed by atoms with Gasteiger partial charge >= 0.3 is 12.4 Å². The Morgan fingerprint density at radius 3 is 1.92 bits per heavy atom. The first-order valence-electron chi connectivity index (χ1n) is 11.2. The number of rotatable bonds is 7. The molecule has 2 N–H and O–H groups in total. The van der Waals surface area contributed by atoms with Crippen molar-refractivity contribution in [1.82, 2.24) is 15.5 Å². The van der Waals surface area contributed by atoms with Crippen LogP contribution in [0.15, 0.2) is 78.9 Å². The van der Waals surface area contributed by atoms with Crippen LogP contribution in [0.2, 0.25) is 0 Å². The van der Waals surface area contributed by atoms with Crippen LogP contribution < -0.4 is 10.6 Å². The normalized spacial score (nSPS) is 12.6. The molecule has 6 nitrogen and oxygen atoms in total. The van der Waals surface area contributed by atoms with Crippen molar-refractivity contribution in [1.29, 1.82) is 0 Å². The van der Waals surface area contributed by atoms with E-state index in [-0.39, 0.29) is 17.6 Å². The summed E-state index contributed by atoms with van der Waals surface area (Å²) in [6.45, 7) is 0. The minimum Gasteiger partial charge on any atom is -0.340 e. The monoisotopic (exact) mass is 564 g/mol. The highest BCUT2D eigenvalue weighted by atomic mass is 32.1. The zero-order chi connectivity index (χ0) is 28.2. The Hall–Kier alpha value is -4.26. The molecule has 0 radical (unpaired) electrons. The summed E-state index contributed by atoms with van der Waals surface area (Å²) in [5.74, 6) is -2.07. The second-order valence-electron chi connectivity index (χ2n) is 8.28. The summed E-state index contributed by atoms with van der Waals surface area (Å²) in [5, 5.41) is 13.3. The molecule has 0 fully saturated rings. The molecule has 1 aromatic heterocycles. The van der Waals surface area contributed by atoms with Gasteiger partial charge in [0.25, 0.3) is 5.91 Å². The van der Waals surface area contributed by atoms with E-state index >= 15 is 0 Å². The maximum atomic E-state index is 13.3. The van der Waals surface area contributed by atoms with Crippen LogP contribution in [0.3, 0.4) is 0 Å². The zero-order valence-corrected chi connectivity index (χ0v) is 20.5. The van der Waals surface area contributed by atoms with Gasteiger partial charge in [-0.15, -0.1) is 10.2 Å². The van der Waals surface area contributed by atoms with Crippen LogP contribution in [0.5, 0.6) is 0 Å². The van der Waals surface area contributed by atoms with E-state index in [0.29, 0.717) is 22.7 Å². The minimum absolute atomic E-state index is 0.0786. The SMILES string of the molecule is O=C(N[C@H](Cc1ccccc1)C(=O)Nc1nnc(-c2ccccc2)s1)c1cc(C(F)(F)F)cc(C(F)(F)F)c1. The summed E-state index contributed by atoms with van der Waals surface area (Å²) >= 11 is 1.05. The van der Waals surface area contributed by atoms with E-state index in [0.717, 1.165) is 16.9 Å². The van der Waals surface area contributed by atoms with Gasteiger partial charge in [0.05, 0.1) is 11.1 Å². The Morgan fingerprint density at radius 1 is 0.795 bits per heavy atom. The lowest BCUT2D eigenvalue weighted by Gasteiger charge is -2.19. The van der Waals surface area contributed by atoms with Crippen molar-refractivity contribution in [2.75, 3.05) is 5.32 Å². The molecule has 0 aliphatic carbocycles. The molecule has 0 saturated heterocycles. The molecule has 0 bridgehead atoms. The number of carbonyl (C=O) groups excluding carboxylic acids is 2. The summed E-state index contributed by atoms with van der Waals surface area (Å²) in [7, 11) is 0. The lowest BCUT2D eigenvalue weighted by Crippen LogP contribution is -2.45. The van der Waals surface area contributed by atoms with Crippen molar-refractivity contribution in [2.24, 2.45) is 0 Å². The van der Waals surface area contributed by atoms with Gasteiger partial charge in [-0.05, 0) is 23.8 Å². The number of halogens is 6. The first kappa shape index (κ1) is 27.8. The Balaban J connectivity index is 1.60. The van der Waals surface area contributed by atoms with Crippen LogP contribution >= 0.6 is 11.3 Å². The van der Waals surface area contributed by atoms with Crippen molar-refractivity contribution in [3.05, 3.63) is 101 Å². The molecule has 3 aromatic carbocycles. The standard InChI is InChI=1S/C26H18F6N4O2S/c27-25(28,29)18-12-17(13-19(14-18)26(30,31)32)21(37)33-20(11-15-7-3-1-4-8-15)22(38)34-24-36-35-23(39-24)16-9-5-2-6-10-16/h1-10,12-14,20H,11H2,(H,33,37)(H,34,36,38)/t20-/m1/s1. The second kappa shape index (κ2) is 11.2. The number of aromatic nitrogens is 2. The average Bonchev–Trinajstić information content (AvgIpc) is 3.36. The number of anilines is 1. The predicted octanol–water partition coefficient (Wildman–Crippen LogP) is 6.22. The maximum Gasteiger partial charge on any atom is 0.416 e. The van der Waals surface area contributed by atoms with Gasteiger partial charge in [-0.25, -0.2) is 0 Å². The Labute approximate surface area is 221 Å². The molecule has 4 rings (SSSR count). The first-order chi connectivity index (χ1) is 18.4. The molecule has 13 heteroatoms. The molecule has 0 aliphatic heterocycles. The van der Waals surface area contributed by atoms with Crippen molar-refractivity contribution in [2.45, 2.75) is 24.8 Å². The van der Waals surface area contributed by atoms with Crippen molar-refractivity contribution >= 4 is 28.3 Å². The van der Waals surface area contributed by atoms with E-state index in [4.69, 9.17) is 0 Å². The molecule has 2 amide bonds. The number of nitrogens with zero attached hydrogens (tertiary/aromatic N) is 2. The molecule has 0 aliphatic rings. The minimum atomic E-state index is -5.13. The van der Waals surface area contributed by atoms with Crippen LogP contribution in [0, 0.1) is 0 Å². The first-order valence-corrected chi connectivity index (χ1v) is 12.1. The van der Waals surface area contributed by atoms with Crippen molar-refractivity contribution in [3.63, 3.8) is 0 Å². The van der Waals surface area contributed by atoms with Gasteiger partial charge in [0.15, 0.2) is 0 Å². The number of benzene rings is 3. The van der Waals surface area contributed by atoms with Gasteiger partial charge < -0.3 is 5.32 Å². The van der Waals surface area contributed by atoms with Gasteiger partial charge in [0.2, 0.25) is 11.0 Å². The molecule has 4 aromatic rings. The Morgan fingerprint density at radius 2 is 1.36 bits per heavy atom. The highest BCUT2D eigenvalue weighted by molar-refractivity contribution is 7.18. The maximum absolute atomic E-state index is 13.3. The fourth-order valence-corrected chi connectivity index (χ4v) is 4.30. The van der Waals surface area contributed by atoms with E-state index in [2.05, 4.69) is 20.8 Å². The van der Waals surface area contributed by atoms with Gasteiger partial charge in [-0.3, -0.25) is 14.9 Å². The number of alkyl halides is 6. The molecule has 0 spiro atoms. The fourth-order valence-electron chi connectivity index (χ4n) is 3.55. The lowest BCUT2D eigenvalue weighted by molar-refractivity contribution is -0.143. The van der Waals surface area contributed by atoms with E-state index in [1.807, 2.05) is 6.07 Å². The average molecular weight is 565 g/mol. The number of hydrogen-bond acceptors (Lipinski definition) is 5. The van der Waals surface area contributed by atoms with Gasteiger partial charge in [0.1, 0.15) is 11.0 Å². The van der Waals surface area contributed by atoms with E-state index in [1.54, 1.807) is 54.6 Å². The zero-order valence-electron chi connectivity index (χ0n) is 19.7. The highest BCUT2D eigenvalue weighted by Gasteiger charge is 2.38. The van der Waals surface area contributed by atoms with Crippen LogP contribution in [-0.2, 0) is 23.6 Å². The molecule has 0 unspecified atom stereocenters.